The van der Waals surface area contributed by atoms with Gasteiger partial charge < -0.3 is 15.4 Å². The van der Waals surface area contributed by atoms with Gasteiger partial charge in [0.15, 0.2) is 0 Å². The van der Waals surface area contributed by atoms with Crippen molar-refractivity contribution in [3.63, 3.8) is 0 Å². The van der Waals surface area contributed by atoms with Crippen molar-refractivity contribution < 1.29 is 9.53 Å². The number of benzene rings is 1. The molecule has 2 aromatic rings. The summed E-state index contributed by atoms with van der Waals surface area (Å²) in [5.74, 6) is 0.679. The van der Waals surface area contributed by atoms with Gasteiger partial charge in [-0.25, -0.2) is 0 Å². The molecule has 0 atom stereocenters. The number of piperidine rings is 1. The highest BCUT2D eigenvalue weighted by Gasteiger charge is 2.16. The number of aromatic nitrogens is 2. The summed E-state index contributed by atoms with van der Waals surface area (Å²) in [6.07, 6.45) is 3.73. The first kappa shape index (κ1) is 16.8. The third-order valence-electron chi connectivity index (χ3n) is 4.09. The van der Waals surface area contributed by atoms with Crippen molar-refractivity contribution in [3.8, 4) is 17.0 Å². The number of nitrogens with one attached hydrogen (secondary N) is 2. The van der Waals surface area contributed by atoms with E-state index in [1.807, 2.05) is 12.1 Å². The van der Waals surface area contributed by atoms with E-state index in [4.69, 9.17) is 16.3 Å². The van der Waals surface area contributed by atoms with Crippen LogP contribution >= 0.6 is 11.6 Å². The van der Waals surface area contributed by atoms with Gasteiger partial charge in [0.05, 0.1) is 12.8 Å². The largest absolute Gasteiger partial charge is 0.496 e. The van der Waals surface area contributed by atoms with Gasteiger partial charge in [-0.3, -0.25) is 9.48 Å². The molecule has 0 aliphatic carbocycles. The summed E-state index contributed by atoms with van der Waals surface area (Å²) in [4.78, 5) is 12.2. The molecule has 3 rings (SSSR count). The molecule has 1 aliphatic rings. The van der Waals surface area contributed by atoms with Crippen LogP contribution in [0.15, 0.2) is 30.5 Å². The zero-order chi connectivity index (χ0) is 16.9. The van der Waals surface area contributed by atoms with Gasteiger partial charge in [-0.1, -0.05) is 11.6 Å². The van der Waals surface area contributed by atoms with Crippen LogP contribution in [0.1, 0.15) is 12.8 Å². The molecule has 128 valence electrons. The quantitative estimate of drug-likeness (QED) is 0.868. The van der Waals surface area contributed by atoms with Crippen molar-refractivity contribution in [1.29, 1.82) is 0 Å². The Kier molecular flexibility index (Phi) is 5.37. The summed E-state index contributed by atoms with van der Waals surface area (Å²) in [5.41, 5.74) is 1.53. The lowest BCUT2D eigenvalue weighted by molar-refractivity contribution is -0.122. The molecule has 0 saturated carbocycles. The van der Waals surface area contributed by atoms with Gasteiger partial charge in [0.1, 0.15) is 12.3 Å². The Morgan fingerprint density at radius 2 is 2.21 bits per heavy atom. The lowest BCUT2D eigenvalue weighted by atomic mass is 10.1. The molecule has 24 heavy (non-hydrogen) atoms. The van der Waals surface area contributed by atoms with E-state index in [2.05, 4.69) is 15.7 Å². The van der Waals surface area contributed by atoms with Crippen LogP contribution in [-0.2, 0) is 11.3 Å². The van der Waals surface area contributed by atoms with E-state index in [1.165, 1.54) is 0 Å². The van der Waals surface area contributed by atoms with E-state index in [9.17, 15) is 4.79 Å². The van der Waals surface area contributed by atoms with Crippen LogP contribution in [0.25, 0.3) is 11.3 Å². The molecule has 0 spiro atoms. The van der Waals surface area contributed by atoms with E-state index in [0.717, 1.165) is 37.2 Å². The minimum absolute atomic E-state index is 0.0189. The minimum Gasteiger partial charge on any atom is -0.496 e. The Morgan fingerprint density at radius 1 is 1.42 bits per heavy atom. The molecule has 1 aromatic carbocycles. The molecule has 0 unspecified atom stereocenters. The lowest BCUT2D eigenvalue weighted by Crippen LogP contribution is -2.43. The monoisotopic (exact) mass is 348 g/mol. The van der Waals surface area contributed by atoms with E-state index in [0.29, 0.717) is 10.8 Å². The van der Waals surface area contributed by atoms with E-state index in [1.54, 1.807) is 30.1 Å². The average Bonchev–Trinajstić information content (AvgIpc) is 3.04. The SMILES string of the molecule is COc1ccc(Cl)cc1-c1ccn(CC(=O)NC2CCNCC2)n1. The maximum absolute atomic E-state index is 12.2. The molecule has 0 bridgehead atoms. The van der Waals surface area contributed by atoms with Gasteiger partial charge in [0.2, 0.25) is 5.91 Å². The Hall–Kier alpha value is -2.05. The first-order chi connectivity index (χ1) is 11.7. The first-order valence-electron chi connectivity index (χ1n) is 8.03. The maximum atomic E-state index is 12.2. The van der Waals surface area contributed by atoms with Crippen molar-refractivity contribution >= 4 is 17.5 Å². The Morgan fingerprint density at radius 3 is 2.96 bits per heavy atom. The number of carbonyl (C=O) groups is 1. The highest BCUT2D eigenvalue weighted by molar-refractivity contribution is 6.30. The van der Waals surface area contributed by atoms with Crippen LogP contribution in [0.3, 0.4) is 0 Å². The van der Waals surface area contributed by atoms with Crippen LogP contribution in [0.4, 0.5) is 0 Å². The number of amides is 1. The molecule has 2 N–H and O–H groups in total. The Balaban J connectivity index is 1.67. The summed E-state index contributed by atoms with van der Waals surface area (Å²) >= 11 is 6.06. The zero-order valence-electron chi connectivity index (χ0n) is 13.6. The van der Waals surface area contributed by atoms with Crippen molar-refractivity contribution in [2.24, 2.45) is 0 Å². The number of halogens is 1. The molecule has 1 fully saturated rings. The van der Waals surface area contributed by atoms with Gasteiger partial charge in [-0.2, -0.15) is 5.10 Å². The fourth-order valence-corrected chi connectivity index (χ4v) is 3.03. The number of hydrogen-bond donors (Lipinski definition) is 2. The topological polar surface area (TPSA) is 68.2 Å². The molecule has 1 amide bonds. The van der Waals surface area contributed by atoms with Gasteiger partial charge in [0.25, 0.3) is 0 Å². The molecule has 2 heterocycles. The highest BCUT2D eigenvalue weighted by atomic mass is 35.5. The molecule has 1 aliphatic heterocycles. The summed E-state index contributed by atoms with van der Waals surface area (Å²) in [6, 6.07) is 7.49. The first-order valence-corrected chi connectivity index (χ1v) is 8.41. The van der Waals surface area contributed by atoms with Crippen LogP contribution in [0.5, 0.6) is 5.75 Å². The summed E-state index contributed by atoms with van der Waals surface area (Å²) in [6.45, 7) is 2.10. The maximum Gasteiger partial charge on any atom is 0.241 e. The van der Waals surface area contributed by atoms with Crippen LogP contribution in [-0.4, -0.2) is 41.9 Å². The predicted octanol–water partition coefficient (Wildman–Crippen LogP) is 2.08. The molecule has 0 radical (unpaired) electrons. The van der Waals surface area contributed by atoms with E-state index >= 15 is 0 Å². The third-order valence-corrected chi connectivity index (χ3v) is 4.32. The van der Waals surface area contributed by atoms with E-state index < -0.39 is 0 Å². The molecule has 6 nitrogen and oxygen atoms in total. The number of hydrogen-bond acceptors (Lipinski definition) is 4. The molecular weight excluding hydrogens is 328 g/mol. The second-order valence-electron chi connectivity index (χ2n) is 5.83. The van der Waals surface area contributed by atoms with Crippen LogP contribution in [0.2, 0.25) is 5.02 Å². The van der Waals surface area contributed by atoms with Crippen molar-refractivity contribution in [2.45, 2.75) is 25.4 Å². The lowest BCUT2D eigenvalue weighted by Gasteiger charge is -2.23. The second-order valence-corrected chi connectivity index (χ2v) is 6.27. The normalized spacial score (nSPS) is 15.2. The number of methoxy groups -OCH3 is 1. The molecule has 7 heteroatoms. The number of ether oxygens (including phenoxy) is 1. The van der Waals surface area contributed by atoms with Gasteiger partial charge in [-0.05, 0) is 50.2 Å². The summed E-state index contributed by atoms with van der Waals surface area (Å²) < 4.78 is 6.98. The van der Waals surface area contributed by atoms with Crippen LogP contribution < -0.4 is 15.4 Å². The van der Waals surface area contributed by atoms with Gasteiger partial charge in [-0.15, -0.1) is 0 Å². The van der Waals surface area contributed by atoms with Crippen molar-refractivity contribution in [3.05, 3.63) is 35.5 Å². The Bertz CT molecular complexity index is 710. The predicted molar refractivity (Wildman–Crippen MR) is 93.3 cm³/mol. The fourth-order valence-electron chi connectivity index (χ4n) is 2.86. The summed E-state index contributed by atoms with van der Waals surface area (Å²) in [7, 11) is 1.61. The second kappa shape index (κ2) is 7.68. The van der Waals surface area contributed by atoms with Gasteiger partial charge >= 0.3 is 0 Å². The minimum atomic E-state index is -0.0189. The van der Waals surface area contributed by atoms with Crippen LogP contribution in [0, 0.1) is 0 Å². The smallest absolute Gasteiger partial charge is 0.241 e. The molecular formula is C17H21ClN4O2. The zero-order valence-corrected chi connectivity index (χ0v) is 14.3. The molecule has 1 aromatic heterocycles. The summed E-state index contributed by atoms with van der Waals surface area (Å²) in [5, 5.41) is 11.4. The van der Waals surface area contributed by atoms with Crippen molar-refractivity contribution in [1.82, 2.24) is 20.4 Å². The number of carbonyl (C=O) groups excluding carboxylic acids is 1. The average molecular weight is 349 g/mol. The molecule has 1 saturated heterocycles. The number of nitrogens with zero attached hydrogens (tertiary/aromatic N) is 2. The Labute approximate surface area is 146 Å². The highest BCUT2D eigenvalue weighted by Crippen LogP contribution is 2.31. The van der Waals surface area contributed by atoms with Crippen molar-refractivity contribution in [2.75, 3.05) is 20.2 Å². The fraction of sp³-hybridized carbons (Fsp3) is 0.412. The standard InChI is InChI=1S/C17H21ClN4O2/c1-24-16-3-2-12(18)10-14(16)15-6-9-22(21-15)11-17(23)20-13-4-7-19-8-5-13/h2-3,6,9-10,13,19H,4-5,7-8,11H2,1H3,(H,20,23). The third kappa shape index (κ3) is 4.07. The van der Waals surface area contributed by atoms with E-state index in [-0.39, 0.29) is 18.5 Å². The van der Waals surface area contributed by atoms with Gasteiger partial charge in [0, 0.05) is 22.8 Å². The number of rotatable bonds is 5.